The molecule has 0 bridgehead atoms. The third-order valence-corrected chi connectivity index (χ3v) is 3.64. The molecule has 1 amide bonds. The predicted octanol–water partition coefficient (Wildman–Crippen LogP) is 1.18. The molecule has 9 heteroatoms. The van der Waals surface area contributed by atoms with Crippen LogP contribution >= 0.6 is 0 Å². The number of benzene rings is 1. The van der Waals surface area contributed by atoms with E-state index in [1.54, 1.807) is 25.1 Å². The molecule has 0 spiro atoms. The summed E-state index contributed by atoms with van der Waals surface area (Å²) in [5.74, 6) is -0.650. The first-order valence-corrected chi connectivity index (χ1v) is 7.16. The molecular formula is C15H12FN7O. The van der Waals surface area contributed by atoms with Crippen molar-refractivity contribution in [1.29, 1.82) is 0 Å². The number of carbonyl (C=O) groups excluding carboxylic acids is 1. The lowest BCUT2D eigenvalue weighted by Gasteiger charge is -2.20. The Hall–Kier alpha value is -3.36. The molecule has 4 rings (SSSR count). The van der Waals surface area contributed by atoms with Gasteiger partial charge in [0.15, 0.2) is 5.84 Å². The minimum absolute atomic E-state index is 0.0782. The van der Waals surface area contributed by atoms with E-state index in [9.17, 15) is 9.18 Å². The first-order valence-electron chi connectivity index (χ1n) is 7.16. The van der Waals surface area contributed by atoms with Gasteiger partial charge in [-0.25, -0.2) is 9.40 Å². The predicted molar refractivity (Wildman–Crippen MR) is 87.5 cm³/mol. The highest BCUT2D eigenvalue weighted by molar-refractivity contribution is 6.29. The number of nitrogens with two attached hydrogens (primary N) is 1. The van der Waals surface area contributed by atoms with Gasteiger partial charge in [-0.05, 0) is 31.2 Å². The van der Waals surface area contributed by atoms with Gasteiger partial charge in [-0.15, -0.1) is 0 Å². The Morgan fingerprint density at radius 1 is 1.21 bits per heavy atom. The lowest BCUT2D eigenvalue weighted by Crippen LogP contribution is -2.36. The lowest BCUT2D eigenvalue weighted by molar-refractivity contribution is -0.118. The van der Waals surface area contributed by atoms with Crippen LogP contribution in [-0.4, -0.2) is 33.7 Å². The molecule has 0 radical (unpaired) electrons. The SMILES string of the molecule is Cc1cc(N)n(C2=NC(=O)C3C=NN(c4ccc(F)cc4)C3=N2)n1. The number of anilines is 2. The standard InChI is InChI=1S/C15H12FN7O/c1-8-6-12(17)23(21-8)15-19-13-11(14(24)20-15)7-18-22(13)10-4-2-9(16)3-5-10/h2-7,11H,17H2,1H3. The Kier molecular flexibility index (Phi) is 3.02. The topological polar surface area (TPSA) is 101 Å². The number of aryl methyl sites for hydroxylation is 1. The van der Waals surface area contributed by atoms with Crippen molar-refractivity contribution in [3.63, 3.8) is 0 Å². The van der Waals surface area contributed by atoms with Crippen LogP contribution < -0.4 is 10.7 Å². The Bertz CT molecular complexity index is 926. The molecule has 2 aliphatic rings. The number of carbonyl (C=O) groups is 1. The van der Waals surface area contributed by atoms with E-state index in [4.69, 9.17) is 5.73 Å². The van der Waals surface area contributed by atoms with Crippen molar-refractivity contribution < 1.29 is 9.18 Å². The quantitative estimate of drug-likeness (QED) is 0.850. The van der Waals surface area contributed by atoms with Gasteiger partial charge in [0, 0.05) is 12.3 Å². The van der Waals surface area contributed by atoms with Gasteiger partial charge in [0.05, 0.1) is 11.4 Å². The first kappa shape index (κ1) is 14.2. The van der Waals surface area contributed by atoms with E-state index in [1.165, 1.54) is 28.0 Å². The maximum absolute atomic E-state index is 13.1. The van der Waals surface area contributed by atoms with E-state index in [2.05, 4.69) is 20.2 Å². The van der Waals surface area contributed by atoms with E-state index in [1.807, 2.05) is 0 Å². The van der Waals surface area contributed by atoms with Gasteiger partial charge in [-0.2, -0.15) is 24.9 Å². The Morgan fingerprint density at radius 3 is 2.62 bits per heavy atom. The van der Waals surface area contributed by atoms with Gasteiger partial charge in [0.2, 0.25) is 0 Å². The Morgan fingerprint density at radius 2 is 1.96 bits per heavy atom. The largest absolute Gasteiger partial charge is 0.383 e. The number of fused-ring (bicyclic) bond motifs is 1. The molecule has 120 valence electrons. The van der Waals surface area contributed by atoms with Gasteiger partial charge in [0.25, 0.3) is 11.9 Å². The summed E-state index contributed by atoms with van der Waals surface area (Å²) in [6.07, 6.45) is 1.46. The van der Waals surface area contributed by atoms with E-state index >= 15 is 0 Å². The summed E-state index contributed by atoms with van der Waals surface area (Å²) < 4.78 is 14.4. The molecule has 3 heterocycles. The second-order valence-electron chi connectivity index (χ2n) is 5.37. The molecule has 2 aromatic rings. The molecule has 2 aliphatic heterocycles. The molecule has 2 N–H and O–H groups in total. The molecule has 24 heavy (non-hydrogen) atoms. The highest BCUT2D eigenvalue weighted by Gasteiger charge is 2.37. The number of hydrogen-bond acceptors (Lipinski definition) is 6. The fourth-order valence-electron chi connectivity index (χ4n) is 2.53. The van der Waals surface area contributed by atoms with Crippen LogP contribution in [0.1, 0.15) is 5.69 Å². The number of hydrogen-bond donors (Lipinski definition) is 1. The van der Waals surface area contributed by atoms with Crippen LogP contribution in [-0.2, 0) is 4.79 Å². The molecule has 1 unspecified atom stereocenters. The van der Waals surface area contributed by atoms with Crippen molar-refractivity contribution in [3.05, 3.63) is 41.8 Å². The fraction of sp³-hybridized carbons (Fsp3) is 0.133. The number of nitrogen functional groups attached to an aromatic ring is 1. The number of aliphatic imine (C=N–C) groups is 2. The maximum Gasteiger partial charge on any atom is 0.265 e. The van der Waals surface area contributed by atoms with Crippen molar-refractivity contribution in [3.8, 4) is 0 Å². The molecular weight excluding hydrogens is 313 g/mol. The van der Waals surface area contributed by atoms with E-state index < -0.39 is 11.8 Å². The van der Waals surface area contributed by atoms with Gasteiger partial charge in [-0.3, -0.25) is 4.79 Å². The number of aromatic nitrogens is 2. The summed E-state index contributed by atoms with van der Waals surface area (Å²) in [5.41, 5.74) is 7.14. The summed E-state index contributed by atoms with van der Waals surface area (Å²) in [6.45, 7) is 1.78. The number of halogens is 1. The molecule has 8 nitrogen and oxygen atoms in total. The van der Waals surface area contributed by atoms with Crippen LogP contribution in [0, 0.1) is 18.7 Å². The first-order chi connectivity index (χ1) is 11.5. The molecule has 1 aromatic heterocycles. The maximum atomic E-state index is 13.1. The van der Waals surface area contributed by atoms with Gasteiger partial charge in [0.1, 0.15) is 17.6 Å². The van der Waals surface area contributed by atoms with Crippen molar-refractivity contribution in [2.24, 2.45) is 21.0 Å². The summed E-state index contributed by atoms with van der Waals surface area (Å²) in [4.78, 5) is 20.6. The number of nitrogens with zero attached hydrogens (tertiary/aromatic N) is 6. The van der Waals surface area contributed by atoms with Crippen LogP contribution in [0.5, 0.6) is 0 Å². The lowest BCUT2D eigenvalue weighted by atomic mass is 10.1. The second-order valence-corrected chi connectivity index (χ2v) is 5.37. The molecule has 0 aliphatic carbocycles. The van der Waals surface area contributed by atoms with Crippen LogP contribution in [0.15, 0.2) is 45.4 Å². The zero-order chi connectivity index (χ0) is 16.8. The number of amides is 1. The third-order valence-electron chi connectivity index (χ3n) is 3.64. The second kappa shape index (κ2) is 5.08. The van der Waals surface area contributed by atoms with E-state index in [0.29, 0.717) is 23.0 Å². The average Bonchev–Trinajstić information content (AvgIpc) is 3.11. The number of amidine groups is 1. The van der Waals surface area contributed by atoms with Crippen molar-refractivity contribution in [2.45, 2.75) is 6.92 Å². The molecule has 0 fully saturated rings. The summed E-state index contributed by atoms with van der Waals surface area (Å²) >= 11 is 0. The van der Waals surface area contributed by atoms with Gasteiger partial charge >= 0.3 is 0 Å². The molecule has 1 atom stereocenters. The summed E-state index contributed by atoms with van der Waals surface area (Å²) in [5, 5.41) is 9.85. The monoisotopic (exact) mass is 325 g/mol. The highest BCUT2D eigenvalue weighted by atomic mass is 19.1. The van der Waals surface area contributed by atoms with E-state index in [0.717, 1.165) is 0 Å². The highest BCUT2D eigenvalue weighted by Crippen LogP contribution is 2.25. The number of rotatable bonds is 1. The van der Waals surface area contributed by atoms with Crippen LogP contribution in [0.4, 0.5) is 15.9 Å². The zero-order valence-corrected chi connectivity index (χ0v) is 12.6. The molecule has 0 saturated carbocycles. The van der Waals surface area contributed by atoms with Crippen LogP contribution in [0.25, 0.3) is 0 Å². The smallest absolute Gasteiger partial charge is 0.265 e. The summed E-state index contributed by atoms with van der Waals surface area (Å²) in [7, 11) is 0. The third kappa shape index (κ3) is 2.18. The molecule has 1 aromatic carbocycles. The zero-order valence-electron chi connectivity index (χ0n) is 12.6. The van der Waals surface area contributed by atoms with E-state index in [-0.39, 0.29) is 11.8 Å². The Balaban J connectivity index is 1.76. The number of hydrazone groups is 1. The average molecular weight is 325 g/mol. The van der Waals surface area contributed by atoms with Gasteiger partial charge in [-0.1, -0.05) is 0 Å². The fourth-order valence-corrected chi connectivity index (χ4v) is 2.53. The van der Waals surface area contributed by atoms with Crippen LogP contribution in [0.2, 0.25) is 0 Å². The van der Waals surface area contributed by atoms with Crippen molar-refractivity contribution in [2.75, 3.05) is 10.7 Å². The minimum atomic E-state index is -0.670. The minimum Gasteiger partial charge on any atom is -0.383 e. The van der Waals surface area contributed by atoms with Crippen molar-refractivity contribution >= 4 is 35.4 Å². The molecule has 0 saturated heterocycles. The Labute approximate surface area is 135 Å². The van der Waals surface area contributed by atoms with Gasteiger partial charge < -0.3 is 5.73 Å². The normalized spacial score (nSPS) is 19.3. The summed E-state index contributed by atoms with van der Waals surface area (Å²) in [6, 6.07) is 7.39. The van der Waals surface area contributed by atoms with Crippen molar-refractivity contribution in [1.82, 2.24) is 9.78 Å². The van der Waals surface area contributed by atoms with Crippen LogP contribution in [0.3, 0.4) is 0 Å².